The zero-order valence-electron chi connectivity index (χ0n) is 9.63. The largest absolute Gasteiger partial charge is 0.381 e. The quantitative estimate of drug-likeness (QED) is 0.728. The molecule has 0 unspecified atom stereocenters. The molecule has 6 heteroatoms. The van der Waals surface area contributed by atoms with Crippen molar-refractivity contribution >= 4 is 23.1 Å². The van der Waals surface area contributed by atoms with Gasteiger partial charge >= 0.3 is 0 Å². The van der Waals surface area contributed by atoms with Crippen LogP contribution < -0.4 is 5.73 Å². The molecular formula is C12H10ClN5. The van der Waals surface area contributed by atoms with E-state index in [9.17, 15) is 0 Å². The molecule has 0 bridgehead atoms. The first-order chi connectivity index (χ1) is 8.65. The highest BCUT2D eigenvalue weighted by Crippen LogP contribution is 2.24. The fourth-order valence-electron chi connectivity index (χ4n) is 1.89. The second-order valence-electron chi connectivity index (χ2n) is 4.04. The molecule has 0 aromatic carbocycles. The molecule has 0 aliphatic heterocycles. The highest BCUT2D eigenvalue weighted by atomic mass is 35.5. The Morgan fingerprint density at radius 1 is 1.28 bits per heavy atom. The van der Waals surface area contributed by atoms with Crippen LogP contribution in [0.5, 0.6) is 0 Å². The predicted octanol–water partition coefficient (Wildman–Crippen LogP) is 2.34. The average Bonchev–Trinajstić information content (AvgIpc) is 2.72. The standard InChI is InChI=1S/C12H10ClN5/c1-7-2-8(4-15-3-7)9-5-16-12-11(14)17-10(13)6-18(9)12/h2-6H,1H3,(H2,14,17). The van der Waals surface area contributed by atoms with Gasteiger partial charge in [0.2, 0.25) is 0 Å². The molecule has 90 valence electrons. The first kappa shape index (κ1) is 11.0. The van der Waals surface area contributed by atoms with Crippen molar-refractivity contribution in [3.63, 3.8) is 0 Å². The van der Waals surface area contributed by atoms with Crippen molar-refractivity contribution in [1.29, 1.82) is 0 Å². The lowest BCUT2D eigenvalue weighted by molar-refractivity contribution is 1.13. The first-order valence-electron chi connectivity index (χ1n) is 5.36. The number of aryl methyl sites for hydroxylation is 1. The van der Waals surface area contributed by atoms with E-state index in [1.165, 1.54) is 0 Å². The molecule has 0 spiro atoms. The molecule has 3 heterocycles. The Hall–Kier alpha value is -2.14. The summed E-state index contributed by atoms with van der Waals surface area (Å²) in [5, 5.41) is 0.333. The summed E-state index contributed by atoms with van der Waals surface area (Å²) in [7, 11) is 0. The molecule has 2 N–H and O–H groups in total. The maximum atomic E-state index is 5.92. The number of hydrogen-bond donors (Lipinski definition) is 1. The minimum atomic E-state index is 0.314. The van der Waals surface area contributed by atoms with E-state index in [1.807, 2.05) is 17.4 Å². The van der Waals surface area contributed by atoms with E-state index in [0.29, 0.717) is 16.6 Å². The SMILES string of the molecule is Cc1cncc(-c2cnc3c(N)nc(Cl)cn23)c1. The minimum absolute atomic E-state index is 0.314. The van der Waals surface area contributed by atoms with E-state index in [4.69, 9.17) is 17.3 Å². The van der Waals surface area contributed by atoms with Crippen molar-refractivity contribution in [2.24, 2.45) is 0 Å². The van der Waals surface area contributed by atoms with Crippen molar-refractivity contribution in [2.75, 3.05) is 5.73 Å². The second-order valence-corrected chi connectivity index (χ2v) is 4.42. The zero-order valence-corrected chi connectivity index (χ0v) is 10.4. The van der Waals surface area contributed by atoms with Crippen molar-refractivity contribution in [1.82, 2.24) is 19.4 Å². The minimum Gasteiger partial charge on any atom is -0.381 e. The number of hydrogen-bond acceptors (Lipinski definition) is 4. The highest BCUT2D eigenvalue weighted by Gasteiger charge is 2.10. The third kappa shape index (κ3) is 1.69. The summed E-state index contributed by atoms with van der Waals surface area (Å²) in [6.45, 7) is 1.99. The molecule has 0 saturated carbocycles. The normalized spacial score (nSPS) is 11.0. The van der Waals surface area contributed by atoms with Gasteiger partial charge in [0.1, 0.15) is 5.15 Å². The van der Waals surface area contributed by atoms with Crippen LogP contribution in [0.3, 0.4) is 0 Å². The van der Waals surface area contributed by atoms with Gasteiger partial charge in [-0.1, -0.05) is 11.6 Å². The van der Waals surface area contributed by atoms with Crippen molar-refractivity contribution in [2.45, 2.75) is 6.92 Å². The fraction of sp³-hybridized carbons (Fsp3) is 0.0833. The number of anilines is 1. The Balaban J connectivity index is 2.30. The first-order valence-corrected chi connectivity index (χ1v) is 5.74. The lowest BCUT2D eigenvalue weighted by Gasteiger charge is -2.04. The van der Waals surface area contributed by atoms with Crippen LogP contribution in [0.25, 0.3) is 16.9 Å². The molecule has 3 aromatic heterocycles. The second kappa shape index (κ2) is 3.96. The fourth-order valence-corrected chi connectivity index (χ4v) is 2.08. The van der Waals surface area contributed by atoms with Crippen LogP contribution >= 0.6 is 11.6 Å². The monoisotopic (exact) mass is 259 g/mol. The van der Waals surface area contributed by atoms with Gasteiger partial charge < -0.3 is 5.73 Å². The Morgan fingerprint density at radius 2 is 2.11 bits per heavy atom. The number of nitrogens with zero attached hydrogens (tertiary/aromatic N) is 4. The molecule has 0 amide bonds. The van der Waals surface area contributed by atoms with Gasteiger partial charge in [0.05, 0.1) is 11.9 Å². The van der Waals surface area contributed by atoms with Crippen LogP contribution in [0.15, 0.2) is 30.9 Å². The van der Waals surface area contributed by atoms with E-state index in [-0.39, 0.29) is 0 Å². The van der Waals surface area contributed by atoms with Gasteiger partial charge in [0.25, 0.3) is 0 Å². The zero-order chi connectivity index (χ0) is 12.7. The molecule has 0 saturated heterocycles. The Labute approximate surface area is 108 Å². The Morgan fingerprint density at radius 3 is 2.89 bits per heavy atom. The summed E-state index contributed by atoms with van der Waals surface area (Å²) in [5.41, 5.74) is 9.30. The van der Waals surface area contributed by atoms with Gasteiger partial charge in [-0.05, 0) is 18.6 Å². The van der Waals surface area contributed by atoms with Gasteiger partial charge in [0.15, 0.2) is 11.5 Å². The van der Waals surface area contributed by atoms with Crippen LogP contribution in [0.4, 0.5) is 5.82 Å². The molecular weight excluding hydrogens is 250 g/mol. The van der Waals surface area contributed by atoms with Crippen LogP contribution in [-0.2, 0) is 0 Å². The lowest BCUT2D eigenvalue weighted by atomic mass is 10.2. The topological polar surface area (TPSA) is 69.1 Å². The van der Waals surface area contributed by atoms with Crippen molar-refractivity contribution in [3.05, 3.63) is 41.6 Å². The number of rotatable bonds is 1. The maximum absolute atomic E-state index is 5.92. The van der Waals surface area contributed by atoms with Crippen LogP contribution in [0, 0.1) is 6.92 Å². The summed E-state index contributed by atoms with van der Waals surface area (Å²) in [4.78, 5) is 12.4. The molecule has 5 nitrogen and oxygen atoms in total. The summed E-state index contributed by atoms with van der Waals surface area (Å²) < 4.78 is 1.82. The van der Waals surface area contributed by atoms with E-state index < -0.39 is 0 Å². The Bertz CT molecular complexity index is 734. The van der Waals surface area contributed by atoms with Gasteiger partial charge in [-0.3, -0.25) is 9.38 Å². The smallest absolute Gasteiger partial charge is 0.180 e. The molecule has 0 aliphatic carbocycles. The maximum Gasteiger partial charge on any atom is 0.180 e. The van der Waals surface area contributed by atoms with Gasteiger partial charge in [-0.25, -0.2) is 9.97 Å². The van der Waals surface area contributed by atoms with Gasteiger partial charge in [-0.2, -0.15) is 0 Å². The van der Waals surface area contributed by atoms with Gasteiger partial charge in [0, 0.05) is 24.2 Å². The molecule has 0 aliphatic rings. The average molecular weight is 260 g/mol. The molecule has 0 atom stereocenters. The highest BCUT2D eigenvalue weighted by molar-refractivity contribution is 6.29. The summed E-state index contributed by atoms with van der Waals surface area (Å²) >= 11 is 5.92. The van der Waals surface area contributed by atoms with Gasteiger partial charge in [-0.15, -0.1) is 0 Å². The van der Waals surface area contributed by atoms with Crippen molar-refractivity contribution in [3.8, 4) is 11.3 Å². The predicted molar refractivity (Wildman–Crippen MR) is 70.4 cm³/mol. The van der Waals surface area contributed by atoms with Crippen LogP contribution in [0.2, 0.25) is 5.15 Å². The van der Waals surface area contributed by atoms with E-state index in [0.717, 1.165) is 16.8 Å². The summed E-state index contributed by atoms with van der Waals surface area (Å²) in [6, 6.07) is 2.03. The number of nitrogen functional groups attached to an aromatic ring is 1. The van der Waals surface area contributed by atoms with Crippen LogP contribution in [-0.4, -0.2) is 19.4 Å². The lowest BCUT2D eigenvalue weighted by Crippen LogP contribution is -1.98. The number of imidazole rings is 1. The third-order valence-corrected chi connectivity index (χ3v) is 2.84. The number of pyridine rings is 1. The number of fused-ring (bicyclic) bond motifs is 1. The number of halogens is 1. The van der Waals surface area contributed by atoms with E-state index in [1.54, 1.807) is 24.8 Å². The van der Waals surface area contributed by atoms with Crippen molar-refractivity contribution < 1.29 is 0 Å². The van der Waals surface area contributed by atoms with E-state index in [2.05, 4.69) is 15.0 Å². The van der Waals surface area contributed by atoms with Crippen LogP contribution in [0.1, 0.15) is 5.56 Å². The molecule has 3 aromatic rings. The number of aromatic nitrogens is 4. The Kier molecular flexibility index (Phi) is 2.41. The molecule has 18 heavy (non-hydrogen) atoms. The van der Waals surface area contributed by atoms with E-state index >= 15 is 0 Å². The molecule has 3 rings (SSSR count). The summed E-state index contributed by atoms with van der Waals surface area (Å²) in [5.74, 6) is 0.314. The molecule has 0 radical (unpaired) electrons. The summed E-state index contributed by atoms with van der Waals surface area (Å²) in [6.07, 6.45) is 7.01. The third-order valence-electron chi connectivity index (χ3n) is 2.66. The molecule has 0 fully saturated rings. The number of nitrogens with two attached hydrogens (primary N) is 1.